The van der Waals surface area contributed by atoms with Gasteiger partial charge in [-0.25, -0.2) is 0 Å². The lowest BCUT2D eigenvalue weighted by Gasteiger charge is -2.28. The summed E-state index contributed by atoms with van der Waals surface area (Å²) >= 11 is 0. The fourth-order valence-electron chi connectivity index (χ4n) is 4.90. The molecule has 3 aliphatic rings. The first-order valence-corrected chi connectivity index (χ1v) is 7.70. The normalized spacial score (nSPS) is 36.0. The zero-order valence-corrected chi connectivity index (χ0v) is 12.0. The van der Waals surface area contributed by atoms with E-state index in [0.717, 1.165) is 17.7 Å². The van der Waals surface area contributed by atoms with Gasteiger partial charge in [-0.1, -0.05) is 30.3 Å². The molecule has 5 heteroatoms. The SMILES string of the molecule is O=C(O)CN1C(=O)[C@@H]2[C@@H]3C[C@@H]([C@@H]2C1=O)[C@@H](c1ccccc1)C3. The molecule has 1 heterocycles. The number of amides is 2. The van der Waals surface area contributed by atoms with Gasteiger partial charge >= 0.3 is 5.97 Å². The van der Waals surface area contributed by atoms with Crippen LogP contribution in [0.15, 0.2) is 30.3 Å². The molecule has 0 spiro atoms. The van der Waals surface area contributed by atoms with Gasteiger partial charge in [0.1, 0.15) is 6.54 Å². The number of fused-ring (bicyclic) bond motifs is 5. The van der Waals surface area contributed by atoms with E-state index in [9.17, 15) is 14.4 Å². The molecule has 2 amide bonds. The first kappa shape index (κ1) is 13.5. The van der Waals surface area contributed by atoms with Gasteiger partial charge in [-0.15, -0.1) is 0 Å². The third kappa shape index (κ3) is 1.74. The van der Waals surface area contributed by atoms with Crippen LogP contribution in [-0.2, 0) is 14.4 Å². The highest BCUT2D eigenvalue weighted by Gasteiger charge is 2.63. The van der Waals surface area contributed by atoms with Crippen LogP contribution >= 0.6 is 0 Å². The minimum atomic E-state index is -1.13. The molecule has 5 atom stereocenters. The largest absolute Gasteiger partial charge is 0.480 e. The fourth-order valence-corrected chi connectivity index (χ4v) is 4.90. The van der Waals surface area contributed by atoms with E-state index in [2.05, 4.69) is 12.1 Å². The molecule has 5 nitrogen and oxygen atoms in total. The summed E-state index contributed by atoms with van der Waals surface area (Å²) in [5.74, 6) is -1.56. The van der Waals surface area contributed by atoms with E-state index < -0.39 is 12.5 Å². The Bertz CT molecular complexity index is 656. The van der Waals surface area contributed by atoms with Crippen molar-refractivity contribution >= 4 is 17.8 Å². The molecule has 4 rings (SSSR count). The van der Waals surface area contributed by atoms with Gasteiger partial charge in [0.25, 0.3) is 0 Å². The number of rotatable bonds is 3. The predicted molar refractivity (Wildman–Crippen MR) is 76.7 cm³/mol. The Morgan fingerprint density at radius 3 is 2.45 bits per heavy atom. The molecule has 2 aliphatic carbocycles. The van der Waals surface area contributed by atoms with E-state index in [0.29, 0.717) is 5.92 Å². The number of hydrogen-bond acceptors (Lipinski definition) is 3. The number of benzene rings is 1. The fraction of sp³-hybridized carbons (Fsp3) is 0.471. The summed E-state index contributed by atoms with van der Waals surface area (Å²) in [5, 5.41) is 8.90. The number of carbonyl (C=O) groups excluding carboxylic acids is 2. The molecule has 114 valence electrons. The summed E-state index contributed by atoms with van der Waals surface area (Å²) in [6, 6.07) is 10.1. The molecular weight excluding hydrogens is 282 g/mol. The maximum absolute atomic E-state index is 12.5. The summed E-state index contributed by atoms with van der Waals surface area (Å²) in [5.41, 5.74) is 1.23. The molecule has 22 heavy (non-hydrogen) atoms. The minimum absolute atomic E-state index is 0.174. The molecule has 1 saturated heterocycles. The molecular formula is C17H17NO4. The van der Waals surface area contributed by atoms with Crippen LogP contribution in [0.25, 0.3) is 0 Å². The molecule has 1 N–H and O–H groups in total. The number of imide groups is 1. The maximum Gasteiger partial charge on any atom is 0.323 e. The van der Waals surface area contributed by atoms with Gasteiger partial charge in [-0.05, 0) is 36.2 Å². The first-order valence-electron chi connectivity index (χ1n) is 7.70. The Morgan fingerprint density at radius 2 is 1.77 bits per heavy atom. The number of carboxylic acid groups (broad SMARTS) is 1. The van der Waals surface area contributed by atoms with Crippen molar-refractivity contribution in [3.63, 3.8) is 0 Å². The Hall–Kier alpha value is -2.17. The van der Waals surface area contributed by atoms with Crippen LogP contribution in [0.1, 0.15) is 24.3 Å². The van der Waals surface area contributed by atoms with Crippen LogP contribution in [0.3, 0.4) is 0 Å². The lowest BCUT2D eigenvalue weighted by molar-refractivity contribution is -0.149. The monoisotopic (exact) mass is 299 g/mol. The van der Waals surface area contributed by atoms with Crippen LogP contribution < -0.4 is 0 Å². The Labute approximate surface area is 127 Å². The number of likely N-dealkylation sites (tertiary alicyclic amines) is 1. The molecule has 2 saturated carbocycles. The second-order valence-corrected chi connectivity index (χ2v) is 6.62. The van der Waals surface area contributed by atoms with Gasteiger partial charge in [0.05, 0.1) is 11.8 Å². The van der Waals surface area contributed by atoms with E-state index in [1.165, 1.54) is 5.56 Å². The average Bonchev–Trinajstić information content (AvgIpc) is 3.15. The van der Waals surface area contributed by atoms with Crippen LogP contribution in [0.5, 0.6) is 0 Å². The van der Waals surface area contributed by atoms with E-state index >= 15 is 0 Å². The molecule has 0 unspecified atom stereocenters. The van der Waals surface area contributed by atoms with E-state index in [4.69, 9.17) is 5.11 Å². The van der Waals surface area contributed by atoms with Crippen LogP contribution in [0, 0.1) is 23.7 Å². The number of aliphatic carboxylic acids is 1. The molecule has 1 aromatic carbocycles. The third-order valence-corrected chi connectivity index (χ3v) is 5.63. The second kappa shape index (κ2) is 4.66. The molecule has 0 radical (unpaired) electrons. The molecule has 0 aromatic heterocycles. The number of hydrogen-bond donors (Lipinski definition) is 1. The summed E-state index contributed by atoms with van der Waals surface area (Å²) in [7, 11) is 0. The summed E-state index contributed by atoms with van der Waals surface area (Å²) in [4.78, 5) is 36.8. The number of carboxylic acids is 1. The third-order valence-electron chi connectivity index (χ3n) is 5.63. The van der Waals surface area contributed by atoms with Crippen LogP contribution in [0.4, 0.5) is 0 Å². The van der Waals surface area contributed by atoms with Crippen molar-refractivity contribution in [2.24, 2.45) is 23.7 Å². The van der Waals surface area contributed by atoms with Gasteiger partial charge in [0.2, 0.25) is 11.8 Å². The molecule has 2 bridgehead atoms. The van der Waals surface area contributed by atoms with E-state index in [1.807, 2.05) is 18.2 Å². The smallest absolute Gasteiger partial charge is 0.323 e. The van der Waals surface area contributed by atoms with Gasteiger partial charge in [-0.2, -0.15) is 0 Å². The highest BCUT2D eigenvalue weighted by atomic mass is 16.4. The molecule has 1 aromatic rings. The van der Waals surface area contributed by atoms with Crippen molar-refractivity contribution in [3.05, 3.63) is 35.9 Å². The predicted octanol–water partition coefficient (Wildman–Crippen LogP) is 1.50. The summed E-state index contributed by atoms with van der Waals surface area (Å²) < 4.78 is 0. The standard InChI is InChI=1S/C17H17NO4/c19-13(20)8-18-16(21)14-10-6-11(9-4-2-1-3-5-9)12(7-10)15(14)17(18)22/h1-5,10-12,14-15H,6-8H2,(H,19,20)/t10-,11+,12+,14+,15-/m0/s1. The van der Waals surface area contributed by atoms with Crippen molar-refractivity contribution in [2.75, 3.05) is 6.54 Å². The Kier molecular flexibility index (Phi) is 2.86. The lowest BCUT2D eigenvalue weighted by Crippen LogP contribution is -2.37. The Morgan fingerprint density at radius 1 is 1.09 bits per heavy atom. The number of carbonyl (C=O) groups is 3. The average molecular weight is 299 g/mol. The second-order valence-electron chi connectivity index (χ2n) is 6.62. The van der Waals surface area contributed by atoms with Gasteiger partial charge < -0.3 is 5.11 Å². The van der Waals surface area contributed by atoms with Gasteiger partial charge in [0, 0.05) is 0 Å². The Balaban J connectivity index is 1.64. The van der Waals surface area contributed by atoms with Crippen molar-refractivity contribution in [3.8, 4) is 0 Å². The maximum atomic E-state index is 12.5. The number of nitrogens with zero attached hydrogens (tertiary/aromatic N) is 1. The highest BCUT2D eigenvalue weighted by molar-refractivity contribution is 6.07. The summed E-state index contributed by atoms with van der Waals surface area (Å²) in [6.45, 7) is -0.500. The van der Waals surface area contributed by atoms with Gasteiger partial charge in [0.15, 0.2) is 0 Å². The zero-order chi connectivity index (χ0) is 15.4. The highest BCUT2D eigenvalue weighted by Crippen LogP contribution is 2.61. The summed E-state index contributed by atoms with van der Waals surface area (Å²) in [6.07, 6.45) is 1.84. The minimum Gasteiger partial charge on any atom is -0.480 e. The van der Waals surface area contributed by atoms with Crippen LogP contribution in [-0.4, -0.2) is 34.3 Å². The van der Waals surface area contributed by atoms with Crippen molar-refractivity contribution in [2.45, 2.75) is 18.8 Å². The van der Waals surface area contributed by atoms with E-state index in [1.54, 1.807) is 0 Å². The van der Waals surface area contributed by atoms with Crippen molar-refractivity contribution in [1.29, 1.82) is 0 Å². The lowest BCUT2D eigenvalue weighted by atomic mass is 9.73. The topological polar surface area (TPSA) is 74.7 Å². The molecule has 3 fully saturated rings. The zero-order valence-electron chi connectivity index (χ0n) is 12.0. The van der Waals surface area contributed by atoms with Crippen LogP contribution in [0.2, 0.25) is 0 Å². The van der Waals surface area contributed by atoms with E-state index in [-0.39, 0.29) is 35.5 Å². The quantitative estimate of drug-likeness (QED) is 0.858. The van der Waals surface area contributed by atoms with Gasteiger partial charge in [-0.3, -0.25) is 19.3 Å². The first-order chi connectivity index (χ1) is 10.6. The van der Waals surface area contributed by atoms with Crippen molar-refractivity contribution < 1.29 is 19.5 Å². The van der Waals surface area contributed by atoms with Crippen molar-refractivity contribution in [1.82, 2.24) is 4.90 Å². The molecule has 1 aliphatic heterocycles.